The van der Waals surface area contributed by atoms with Crippen LogP contribution in [-0.4, -0.2) is 18.5 Å². The van der Waals surface area contributed by atoms with Crippen LogP contribution in [0.4, 0.5) is 0 Å². The zero-order valence-electron chi connectivity index (χ0n) is 11.6. The van der Waals surface area contributed by atoms with Gasteiger partial charge < -0.3 is 10.1 Å². The maximum absolute atomic E-state index is 12.3. The molecule has 108 valence electrons. The lowest BCUT2D eigenvalue weighted by Crippen LogP contribution is -2.39. The third kappa shape index (κ3) is 2.96. The van der Waals surface area contributed by atoms with Gasteiger partial charge in [0.25, 0.3) is 0 Å². The van der Waals surface area contributed by atoms with Gasteiger partial charge in [0, 0.05) is 5.02 Å². The Morgan fingerprint density at radius 2 is 2.15 bits per heavy atom. The zero-order chi connectivity index (χ0) is 14.8. The average Bonchev–Trinajstić information content (AvgIpc) is 3.20. The first-order chi connectivity index (χ1) is 9.49. The van der Waals surface area contributed by atoms with E-state index in [0.717, 1.165) is 5.56 Å². The first kappa shape index (κ1) is 14.9. The molecule has 1 aromatic rings. The Bertz CT molecular complexity index is 526. The molecule has 1 aliphatic rings. The Morgan fingerprint density at radius 3 is 2.70 bits per heavy atom. The van der Waals surface area contributed by atoms with Gasteiger partial charge in [0.05, 0.1) is 12.6 Å². The highest BCUT2D eigenvalue weighted by atomic mass is 35.5. The second-order valence-corrected chi connectivity index (χ2v) is 5.49. The fourth-order valence-electron chi connectivity index (χ4n) is 2.11. The number of esters is 1. The van der Waals surface area contributed by atoms with Crippen LogP contribution in [0.1, 0.15) is 38.3 Å². The second kappa shape index (κ2) is 5.83. The van der Waals surface area contributed by atoms with Crippen LogP contribution >= 0.6 is 11.6 Å². The van der Waals surface area contributed by atoms with Gasteiger partial charge in [0.2, 0.25) is 5.91 Å². The van der Waals surface area contributed by atoms with Crippen molar-refractivity contribution in [3.8, 4) is 0 Å². The number of nitrogens with one attached hydrogen (secondary N) is 1. The molecule has 0 aliphatic heterocycles. The van der Waals surface area contributed by atoms with Gasteiger partial charge in [0.1, 0.15) is 5.41 Å². The van der Waals surface area contributed by atoms with Gasteiger partial charge in [-0.2, -0.15) is 0 Å². The SMILES string of the molecule is CCOC(=O)C1(C(=O)N[C@H](C)c2cccc(Cl)c2)CC1. The van der Waals surface area contributed by atoms with E-state index in [0.29, 0.717) is 17.9 Å². The summed E-state index contributed by atoms with van der Waals surface area (Å²) in [5.74, 6) is -0.681. The van der Waals surface area contributed by atoms with Crippen LogP contribution < -0.4 is 5.32 Å². The molecule has 0 spiro atoms. The number of ether oxygens (including phenoxy) is 1. The van der Waals surface area contributed by atoms with Crippen molar-refractivity contribution in [1.29, 1.82) is 0 Å². The number of benzene rings is 1. The van der Waals surface area contributed by atoms with Crippen LogP contribution in [0.5, 0.6) is 0 Å². The lowest BCUT2D eigenvalue weighted by atomic mass is 10.0. The molecular formula is C15H18ClNO3. The molecule has 0 heterocycles. The summed E-state index contributed by atoms with van der Waals surface area (Å²) in [6, 6.07) is 7.10. The van der Waals surface area contributed by atoms with Crippen molar-refractivity contribution in [3.63, 3.8) is 0 Å². The predicted molar refractivity (Wildman–Crippen MR) is 76.3 cm³/mol. The van der Waals surface area contributed by atoms with Gasteiger partial charge in [-0.1, -0.05) is 23.7 Å². The van der Waals surface area contributed by atoms with Crippen molar-refractivity contribution in [1.82, 2.24) is 5.32 Å². The number of carbonyl (C=O) groups excluding carboxylic acids is 2. The minimum Gasteiger partial charge on any atom is -0.465 e. The van der Waals surface area contributed by atoms with Crippen molar-refractivity contribution < 1.29 is 14.3 Å². The van der Waals surface area contributed by atoms with Crippen LogP contribution in [0.25, 0.3) is 0 Å². The molecule has 0 unspecified atom stereocenters. The summed E-state index contributed by atoms with van der Waals surface area (Å²) in [4.78, 5) is 24.1. The van der Waals surface area contributed by atoms with Gasteiger partial charge in [-0.3, -0.25) is 9.59 Å². The van der Waals surface area contributed by atoms with Gasteiger partial charge in [0.15, 0.2) is 0 Å². The molecule has 2 rings (SSSR count). The summed E-state index contributed by atoms with van der Waals surface area (Å²) in [7, 11) is 0. The number of carbonyl (C=O) groups is 2. The van der Waals surface area contributed by atoms with E-state index in [1.54, 1.807) is 19.1 Å². The summed E-state index contributed by atoms with van der Waals surface area (Å²) in [5, 5.41) is 3.49. The van der Waals surface area contributed by atoms with Crippen LogP contribution in [0.15, 0.2) is 24.3 Å². The Balaban J connectivity index is 2.03. The summed E-state index contributed by atoms with van der Waals surface area (Å²) in [5.41, 5.74) is -0.0615. The smallest absolute Gasteiger partial charge is 0.321 e. The number of amides is 1. The first-order valence-electron chi connectivity index (χ1n) is 6.73. The molecule has 0 radical (unpaired) electrons. The fraction of sp³-hybridized carbons (Fsp3) is 0.467. The standard InChI is InChI=1S/C15H18ClNO3/c1-3-20-14(19)15(7-8-15)13(18)17-10(2)11-5-4-6-12(16)9-11/h4-6,9-10H,3,7-8H2,1-2H3,(H,17,18)/t10-/m1/s1. The molecule has 1 aliphatic carbocycles. The van der Waals surface area contributed by atoms with Crippen molar-refractivity contribution in [2.45, 2.75) is 32.7 Å². The maximum Gasteiger partial charge on any atom is 0.321 e. The summed E-state index contributed by atoms with van der Waals surface area (Å²) in [6.07, 6.45) is 1.11. The molecule has 1 fully saturated rings. The number of hydrogen-bond acceptors (Lipinski definition) is 3. The van der Waals surface area contributed by atoms with Gasteiger partial charge in [-0.25, -0.2) is 0 Å². The number of hydrogen-bond donors (Lipinski definition) is 1. The molecule has 5 heteroatoms. The Morgan fingerprint density at radius 1 is 1.45 bits per heavy atom. The average molecular weight is 296 g/mol. The van der Waals surface area contributed by atoms with Crippen LogP contribution in [-0.2, 0) is 14.3 Å². The van der Waals surface area contributed by atoms with Crippen LogP contribution in [0.2, 0.25) is 5.02 Å². The monoisotopic (exact) mass is 295 g/mol. The molecule has 0 aromatic heterocycles. The summed E-state index contributed by atoms with van der Waals surface area (Å²) in [6.45, 7) is 3.89. The fourth-order valence-corrected chi connectivity index (χ4v) is 2.31. The first-order valence-corrected chi connectivity index (χ1v) is 7.11. The van der Waals surface area contributed by atoms with E-state index in [-0.39, 0.29) is 18.6 Å². The molecule has 1 aromatic carbocycles. The summed E-state index contributed by atoms with van der Waals surface area (Å²) < 4.78 is 4.98. The van der Waals surface area contributed by atoms with E-state index < -0.39 is 11.4 Å². The van der Waals surface area contributed by atoms with E-state index in [4.69, 9.17) is 16.3 Å². The quantitative estimate of drug-likeness (QED) is 0.671. The zero-order valence-corrected chi connectivity index (χ0v) is 12.4. The van der Waals surface area contributed by atoms with Crippen molar-refractivity contribution in [2.24, 2.45) is 5.41 Å². The Kier molecular flexibility index (Phi) is 4.33. The van der Waals surface area contributed by atoms with Crippen molar-refractivity contribution in [3.05, 3.63) is 34.9 Å². The molecule has 0 saturated heterocycles. The van der Waals surface area contributed by atoms with Crippen molar-refractivity contribution in [2.75, 3.05) is 6.61 Å². The third-order valence-electron chi connectivity index (χ3n) is 3.55. The minimum absolute atomic E-state index is 0.201. The van der Waals surface area contributed by atoms with E-state index in [9.17, 15) is 9.59 Å². The molecule has 20 heavy (non-hydrogen) atoms. The largest absolute Gasteiger partial charge is 0.465 e. The molecule has 4 nitrogen and oxygen atoms in total. The molecular weight excluding hydrogens is 278 g/mol. The second-order valence-electron chi connectivity index (χ2n) is 5.05. The summed E-state index contributed by atoms with van der Waals surface area (Å²) >= 11 is 5.93. The van der Waals surface area contributed by atoms with Gasteiger partial charge in [-0.05, 0) is 44.4 Å². The highest BCUT2D eigenvalue weighted by Crippen LogP contribution is 2.47. The number of rotatable bonds is 5. The normalized spacial score (nSPS) is 17.1. The van der Waals surface area contributed by atoms with E-state index in [2.05, 4.69) is 5.32 Å². The highest BCUT2D eigenvalue weighted by molar-refractivity contribution is 6.30. The minimum atomic E-state index is -0.969. The van der Waals surface area contributed by atoms with Gasteiger partial charge in [-0.15, -0.1) is 0 Å². The lowest BCUT2D eigenvalue weighted by Gasteiger charge is -2.19. The van der Waals surface area contributed by atoms with Crippen LogP contribution in [0, 0.1) is 5.41 Å². The maximum atomic E-state index is 12.3. The lowest BCUT2D eigenvalue weighted by molar-refractivity contribution is -0.154. The van der Waals surface area contributed by atoms with Crippen molar-refractivity contribution >= 4 is 23.5 Å². The third-order valence-corrected chi connectivity index (χ3v) is 3.78. The number of halogens is 1. The molecule has 0 bridgehead atoms. The van der Waals surface area contributed by atoms with E-state index in [1.165, 1.54) is 0 Å². The van der Waals surface area contributed by atoms with E-state index >= 15 is 0 Å². The predicted octanol–water partition coefficient (Wildman–Crippen LogP) is 2.86. The molecule has 1 N–H and O–H groups in total. The Labute approximate surface area is 123 Å². The van der Waals surface area contributed by atoms with Gasteiger partial charge >= 0.3 is 5.97 Å². The van der Waals surface area contributed by atoms with Crippen LogP contribution in [0.3, 0.4) is 0 Å². The Hall–Kier alpha value is -1.55. The molecule has 1 amide bonds. The molecule has 1 atom stereocenters. The topological polar surface area (TPSA) is 55.4 Å². The van der Waals surface area contributed by atoms with E-state index in [1.807, 2.05) is 19.1 Å². The molecule has 1 saturated carbocycles. The highest BCUT2D eigenvalue weighted by Gasteiger charge is 2.58.